The van der Waals surface area contributed by atoms with E-state index in [2.05, 4.69) is 5.32 Å². The highest BCUT2D eigenvalue weighted by Crippen LogP contribution is 2.46. The van der Waals surface area contributed by atoms with Crippen LogP contribution in [0.1, 0.15) is 38.2 Å². The molecule has 0 aliphatic heterocycles. The van der Waals surface area contributed by atoms with Crippen LogP contribution in [0.4, 0.5) is 8.78 Å². The Morgan fingerprint density at radius 1 is 1.35 bits per heavy atom. The number of benzene rings is 1. The van der Waals surface area contributed by atoms with Gasteiger partial charge in [0.05, 0.1) is 5.41 Å². The molecule has 1 aliphatic carbocycles. The van der Waals surface area contributed by atoms with Gasteiger partial charge >= 0.3 is 5.97 Å². The molecular weight excluding hydrogens is 304 g/mol. The molecule has 2 N–H and O–H groups in total. The third kappa shape index (κ3) is 3.25. The van der Waals surface area contributed by atoms with Crippen molar-refractivity contribution in [2.24, 2.45) is 0 Å². The van der Waals surface area contributed by atoms with Crippen molar-refractivity contribution >= 4 is 11.9 Å². The summed E-state index contributed by atoms with van der Waals surface area (Å²) in [6.07, 6.45) is 4.68. The van der Waals surface area contributed by atoms with Gasteiger partial charge in [-0.2, -0.15) is 0 Å². The predicted octanol–water partition coefficient (Wildman–Crippen LogP) is 2.92. The Bertz CT molecular complexity index is 618. The van der Waals surface area contributed by atoms with E-state index in [1.807, 2.05) is 0 Å². The molecule has 1 aliphatic rings. The summed E-state index contributed by atoms with van der Waals surface area (Å²) >= 11 is 0. The number of nitrogens with one attached hydrogen (secondary N) is 1. The Morgan fingerprint density at radius 2 is 1.96 bits per heavy atom. The molecule has 2 rings (SSSR count). The standard InChI is InChI=1S/C17H19F2NO3/c1-2-3-8-13(15(21)22)20-16(23)17(9-5-10-17)14-11(18)6-4-7-12(14)19/h2-4,6-7,13H,5,8-10H2,1H3,(H,20,23)(H,21,22)/b3-2+. The Balaban J connectivity index is 2.29. The number of allylic oxidation sites excluding steroid dienone is 1. The highest BCUT2D eigenvalue weighted by molar-refractivity contribution is 5.92. The number of hydrogen-bond donors (Lipinski definition) is 2. The van der Waals surface area contributed by atoms with E-state index in [4.69, 9.17) is 0 Å². The fourth-order valence-electron chi connectivity index (χ4n) is 2.87. The van der Waals surface area contributed by atoms with Gasteiger partial charge in [0.25, 0.3) is 0 Å². The van der Waals surface area contributed by atoms with E-state index in [0.29, 0.717) is 19.3 Å². The SMILES string of the molecule is C/C=C/CC(NC(=O)C1(c2c(F)cccc2F)CCC1)C(=O)O. The number of carboxylic acids is 1. The Hall–Kier alpha value is -2.24. The van der Waals surface area contributed by atoms with Crippen molar-refractivity contribution in [3.63, 3.8) is 0 Å². The lowest BCUT2D eigenvalue weighted by Crippen LogP contribution is -2.54. The monoisotopic (exact) mass is 323 g/mol. The molecule has 1 unspecified atom stereocenters. The predicted molar refractivity (Wildman–Crippen MR) is 80.9 cm³/mol. The maximum absolute atomic E-state index is 14.1. The summed E-state index contributed by atoms with van der Waals surface area (Å²) in [7, 11) is 0. The van der Waals surface area contributed by atoms with Crippen molar-refractivity contribution in [1.29, 1.82) is 0 Å². The number of rotatable bonds is 6. The van der Waals surface area contributed by atoms with Gasteiger partial charge in [0.15, 0.2) is 0 Å². The maximum atomic E-state index is 14.1. The second-order valence-corrected chi connectivity index (χ2v) is 5.70. The normalized spacial score (nSPS) is 17.5. The molecule has 0 bridgehead atoms. The van der Waals surface area contributed by atoms with Gasteiger partial charge < -0.3 is 10.4 Å². The van der Waals surface area contributed by atoms with Crippen LogP contribution in [0.25, 0.3) is 0 Å². The van der Waals surface area contributed by atoms with Gasteiger partial charge in [-0.05, 0) is 38.3 Å². The summed E-state index contributed by atoms with van der Waals surface area (Å²) in [5.41, 5.74) is -1.59. The Labute approximate surface area is 133 Å². The van der Waals surface area contributed by atoms with Gasteiger partial charge in [0.1, 0.15) is 17.7 Å². The lowest BCUT2D eigenvalue weighted by Gasteiger charge is -2.41. The van der Waals surface area contributed by atoms with Crippen LogP contribution in [0.2, 0.25) is 0 Å². The fourth-order valence-corrected chi connectivity index (χ4v) is 2.87. The second kappa shape index (κ2) is 6.89. The molecule has 1 saturated carbocycles. The molecule has 1 aromatic carbocycles. The minimum atomic E-state index is -1.32. The highest BCUT2D eigenvalue weighted by atomic mass is 19.1. The Kier molecular flexibility index (Phi) is 5.13. The van der Waals surface area contributed by atoms with E-state index >= 15 is 0 Å². The zero-order valence-corrected chi connectivity index (χ0v) is 12.8. The number of carboxylic acid groups (broad SMARTS) is 1. The van der Waals surface area contributed by atoms with Crippen LogP contribution < -0.4 is 5.32 Å². The van der Waals surface area contributed by atoms with Crippen LogP contribution in [-0.4, -0.2) is 23.0 Å². The van der Waals surface area contributed by atoms with Gasteiger partial charge in [0.2, 0.25) is 5.91 Å². The van der Waals surface area contributed by atoms with E-state index in [9.17, 15) is 23.5 Å². The van der Waals surface area contributed by atoms with E-state index in [1.165, 1.54) is 6.07 Å². The molecule has 6 heteroatoms. The van der Waals surface area contributed by atoms with Crippen LogP contribution in [0.5, 0.6) is 0 Å². The Morgan fingerprint density at radius 3 is 2.39 bits per heavy atom. The minimum absolute atomic E-state index is 0.118. The molecule has 1 aromatic rings. The summed E-state index contributed by atoms with van der Waals surface area (Å²) in [5.74, 6) is -3.37. The topological polar surface area (TPSA) is 66.4 Å². The summed E-state index contributed by atoms with van der Waals surface area (Å²) in [4.78, 5) is 23.8. The third-order valence-corrected chi connectivity index (χ3v) is 4.29. The second-order valence-electron chi connectivity index (χ2n) is 5.70. The van der Waals surface area contributed by atoms with Gasteiger partial charge in [-0.1, -0.05) is 24.6 Å². The number of aliphatic carboxylic acids is 1. The van der Waals surface area contributed by atoms with Crippen molar-refractivity contribution < 1.29 is 23.5 Å². The zero-order valence-electron chi connectivity index (χ0n) is 12.8. The molecule has 124 valence electrons. The first-order chi connectivity index (χ1) is 10.9. The maximum Gasteiger partial charge on any atom is 0.326 e. The van der Waals surface area contributed by atoms with Crippen molar-refractivity contribution in [3.05, 3.63) is 47.5 Å². The molecule has 23 heavy (non-hydrogen) atoms. The van der Waals surface area contributed by atoms with Crippen molar-refractivity contribution in [2.75, 3.05) is 0 Å². The molecule has 0 spiro atoms. The average Bonchev–Trinajstić information content (AvgIpc) is 2.45. The zero-order chi connectivity index (χ0) is 17.0. The lowest BCUT2D eigenvalue weighted by atomic mass is 9.63. The summed E-state index contributed by atoms with van der Waals surface area (Å²) in [6, 6.07) is 2.34. The highest BCUT2D eigenvalue weighted by Gasteiger charge is 2.49. The van der Waals surface area contributed by atoms with Crippen molar-refractivity contribution in [3.8, 4) is 0 Å². The number of amides is 1. The van der Waals surface area contributed by atoms with Crippen molar-refractivity contribution in [2.45, 2.75) is 44.1 Å². The van der Waals surface area contributed by atoms with E-state index < -0.39 is 35.0 Å². The van der Waals surface area contributed by atoms with Gasteiger partial charge in [-0.3, -0.25) is 4.79 Å². The fraction of sp³-hybridized carbons (Fsp3) is 0.412. The molecule has 0 radical (unpaired) electrons. The minimum Gasteiger partial charge on any atom is -0.480 e. The molecule has 0 saturated heterocycles. The van der Waals surface area contributed by atoms with Crippen molar-refractivity contribution in [1.82, 2.24) is 5.32 Å². The number of carbonyl (C=O) groups excluding carboxylic acids is 1. The smallest absolute Gasteiger partial charge is 0.326 e. The summed E-state index contributed by atoms with van der Waals surface area (Å²) in [6.45, 7) is 1.74. The number of hydrogen-bond acceptors (Lipinski definition) is 2. The molecule has 1 amide bonds. The first kappa shape index (κ1) is 17.1. The van der Waals surface area contributed by atoms with Crippen LogP contribution >= 0.6 is 0 Å². The molecule has 1 fully saturated rings. The quantitative estimate of drug-likeness (QED) is 0.791. The van der Waals surface area contributed by atoms with E-state index in [0.717, 1.165) is 12.1 Å². The van der Waals surface area contributed by atoms with Gasteiger partial charge in [-0.25, -0.2) is 13.6 Å². The van der Waals surface area contributed by atoms with Crippen LogP contribution in [-0.2, 0) is 15.0 Å². The summed E-state index contributed by atoms with van der Waals surface area (Å²) < 4.78 is 28.2. The van der Waals surface area contributed by atoms with E-state index in [1.54, 1.807) is 19.1 Å². The van der Waals surface area contributed by atoms with Gasteiger partial charge in [0, 0.05) is 5.56 Å². The summed E-state index contributed by atoms with van der Waals surface area (Å²) in [5, 5.41) is 11.6. The largest absolute Gasteiger partial charge is 0.480 e. The number of halogens is 2. The van der Waals surface area contributed by atoms with Crippen LogP contribution in [0.15, 0.2) is 30.4 Å². The van der Waals surface area contributed by atoms with Gasteiger partial charge in [-0.15, -0.1) is 0 Å². The van der Waals surface area contributed by atoms with Crippen LogP contribution in [0.3, 0.4) is 0 Å². The average molecular weight is 323 g/mol. The number of carbonyl (C=O) groups is 2. The molecule has 0 aromatic heterocycles. The third-order valence-electron chi connectivity index (χ3n) is 4.29. The molecule has 4 nitrogen and oxygen atoms in total. The molecule has 0 heterocycles. The first-order valence-corrected chi connectivity index (χ1v) is 7.52. The molecular formula is C17H19F2NO3. The first-order valence-electron chi connectivity index (χ1n) is 7.52. The van der Waals surface area contributed by atoms with Crippen LogP contribution in [0, 0.1) is 11.6 Å². The molecule has 1 atom stereocenters. The lowest BCUT2D eigenvalue weighted by molar-refractivity contribution is -0.143. The van der Waals surface area contributed by atoms with E-state index in [-0.39, 0.29) is 12.0 Å².